The van der Waals surface area contributed by atoms with Gasteiger partial charge in [-0.3, -0.25) is 4.57 Å². The van der Waals surface area contributed by atoms with Crippen molar-refractivity contribution in [2.24, 2.45) is 7.05 Å². The van der Waals surface area contributed by atoms with Gasteiger partial charge in [-0.2, -0.15) is 4.98 Å². The van der Waals surface area contributed by atoms with Gasteiger partial charge in [0.1, 0.15) is 23.0 Å². The standard InChI is InChI=1S/C14H16ClFN2O/c1-18-13-11(16)8-7-10(15)12(13)17-14(18)19-9-5-3-2-4-6-9/h7-9H,2-6H2,1H3. The quantitative estimate of drug-likeness (QED) is 0.830. The van der Waals surface area contributed by atoms with Crippen molar-refractivity contribution in [3.05, 3.63) is 23.0 Å². The van der Waals surface area contributed by atoms with Gasteiger partial charge in [-0.1, -0.05) is 18.0 Å². The van der Waals surface area contributed by atoms with E-state index in [-0.39, 0.29) is 11.9 Å². The first-order chi connectivity index (χ1) is 9.16. The molecule has 0 spiro atoms. The number of aromatic nitrogens is 2. The van der Waals surface area contributed by atoms with Gasteiger partial charge in [0.05, 0.1) is 5.02 Å². The maximum atomic E-state index is 13.8. The van der Waals surface area contributed by atoms with Crippen molar-refractivity contribution in [2.45, 2.75) is 38.2 Å². The van der Waals surface area contributed by atoms with Gasteiger partial charge in [-0.25, -0.2) is 4.39 Å². The number of hydrogen-bond donors (Lipinski definition) is 0. The average molecular weight is 283 g/mol. The van der Waals surface area contributed by atoms with Gasteiger partial charge < -0.3 is 4.74 Å². The molecule has 102 valence electrons. The molecule has 2 aromatic rings. The monoisotopic (exact) mass is 282 g/mol. The van der Waals surface area contributed by atoms with Crippen LogP contribution in [0.15, 0.2) is 12.1 Å². The first-order valence-corrected chi connectivity index (χ1v) is 7.01. The molecule has 5 heteroatoms. The summed E-state index contributed by atoms with van der Waals surface area (Å²) >= 11 is 6.06. The zero-order valence-electron chi connectivity index (χ0n) is 10.8. The summed E-state index contributed by atoms with van der Waals surface area (Å²) in [6.45, 7) is 0. The van der Waals surface area contributed by atoms with Crippen molar-refractivity contribution in [1.29, 1.82) is 0 Å². The third-order valence-electron chi connectivity index (χ3n) is 3.71. The Morgan fingerprint density at radius 2 is 2.05 bits per heavy atom. The SMILES string of the molecule is Cn1c(OC2CCCCC2)nc2c(Cl)ccc(F)c21. The highest BCUT2D eigenvalue weighted by Crippen LogP contribution is 2.30. The van der Waals surface area contributed by atoms with Crippen LogP contribution in [0.3, 0.4) is 0 Å². The van der Waals surface area contributed by atoms with E-state index in [0.29, 0.717) is 22.1 Å². The summed E-state index contributed by atoms with van der Waals surface area (Å²) in [5, 5.41) is 0.450. The molecule has 1 fully saturated rings. The number of aryl methyl sites for hydroxylation is 1. The first kappa shape index (κ1) is 12.7. The maximum absolute atomic E-state index is 13.8. The fourth-order valence-electron chi connectivity index (χ4n) is 2.66. The number of halogens is 2. The molecule has 0 amide bonds. The summed E-state index contributed by atoms with van der Waals surface area (Å²) in [5.41, 5.74) is 0.869. The molecule has 0 atom stereocenters. The minimum absolute atomic E-state index is 0.186. The van der Waals surface area contributed by atoms with Crippen LogP contribution in [0.25, 0.3) is 11.0 Å². The molecule has 1 aromatic heterocycles. The van der Waals surface area contributed by atoms with Crippen LogP contribution in [0.1, 0.15) is 32.1 Å². The van der Waals surface area contributed by atoms with Crippen molar-refractivity contribution in [3.63, 3.8) is 0 Å². The van der Waals surface area contributed by atoms with Crippen LogP contribution in [0, 0.1) is 5.82 Å². The van der Waals surface area contributed by atoms with Crippen LogP contribution in [-0.2, 0) is 7.05 Å². The minimum Gasteiger partial charge on any atom is -0.461 e. The number of hydrogen-bond acceptors (Lipinski definition) is 2. The molecule has 3 nitrogen and oxygen atoms in total. The van der Waals surface area contributed by atoms with Crippen molar-refractivity contribution in [2.75, 3.05) is 0 Å². The molecular formula is C14H16ClFN2O. The molecule has 1 saturated carbocycles. The van der Waals surface area contributed by atoms with Crippen molar-refractivity contribution in [1.82, 2.24) is 9.55 Å². The number of nitrogens with zero attached hydrogens (tertiary/aromatic N) is 2. The molecule has 0 unspecified atom stereocenters. The highest BCUT2D eigenvalue weighted by molar-refractivity contribution is 6.35. The lowest BCUT2D eigenvalue weighted by atomic mass is 9.98. The lowest BCUT2D eigenvalue weighted by Gasteiger charge is -2.22. The summed E-state index contributed by atoms with van der Waals surface area (Å²) in [6.07, 6.45) is 5.90. The van der Waals surface area contributed by atoms with Crippen LogP contribution in [0.4, 0.5) is 4.39 Å². The van der Waals surface area contributed by atoms with Crippen LogP contribution in [0.5, 0.6) is 6.01 Å². The summed E-state index contributed by atoms with van der Waals surface area (Å²) < 4.78 is 21.4. The Bertz CT molecular complexity index is 605. The summed E-state index contributed by atoms with van der Waals surface area (Å²) in [6, 6.07) is 3.33. The molecule has 1 aromatic carbocycles. The smallest absolute Gasteiger partial charge is 0.297 e. The Balaban J connectivity index is 1.97. The molecular weight excluding hydrogens is 267 g/mol. The zero-order valence-corrected chi connectivity index (χ0v) is 11.6. The Hall–Kier alpha value is -1.29. The molecule has 0 saturated heterocycles. The fraction of sp³-hybridized carbons (Fsp3) is 0.500. The Morgan fingerprint density at radius 1 is 1.32 bits per heavy atom. The van der Waals surface area contributed by atoms with Crippen molar-refractivity contribution < 1.29 is 9.13 Å². The van der Waals surface area contributed by atoms with Crippen molar-refractivity contribution in [3.8, 4) is 6.01 Å². The lowest BCUT2D eigenvalue weighted by molar-refractivity contribution is 0.138. The van der Waals surface area contributed by atoms with Crippen LogP contribution in [-0.4, -0.2) is 15.7 Å². The van der Waals surface area contributed by atoms with Gasteiger partial charge in [0.2, 0.25) is 0 Å². The normalized spacial score (nSPS) is 17.0. The van der Waals surface area contributed by atoms with Crippen LogP contribution >= 0.6 is 11.6 Å². The Morgan fingerprint density at radius 3 is 2.74 bits per heavy atom. The van der Waals surface area contributed by atoms with E-state index in [1.54, 1.807) is 11.6 Å². The van der Waals surface area contributed by atoms with E-state index in [1.165, 1.54) is 31.4 Å². The maximum Gasteiger partial charge on any atom is 0.297 e. The third kappa shape index (κ3) is 2.29. The van der Waals surface area contributed by atoms with Gasteiger partial charge in [0.25, 0.3) is 6.01 Å². The fourth-order valence-corrected chi connectivity index (χ4v) is 2.85. The zero-order chi connectivity index (χ0) is 13.4. The highest BCUT2D eigenvalue weighted by atomic mass is 35.5. The van der Waals surface area contributed by atoms with E-state index in [4.69, 9.17) is 16.3 Å². The van der Waals surface area contributed by atoms with Gasteiger partial charge in [-0.15, -0.1) is 0 Å². The van der Waals surface area contributed by atoms with E-state index in [0.717, 1.165) is 12.8 Å². The summed E-state index contributed by atoms with van der Waals surface area (Å²) in [4.78, 5) is 4.34. The Kier molecular flexibility index (Phi) is 3.35. The number of benzene rings is 1. The average Bonchev–Trinajstić information content (AvgIpc) is 2.74. The van der Waals surface area contributed by atoms with E-state index in [2.05, 4.69) is 4.98 Å². The minimum atomic E-state index is -0.326. The van der Waals surface area contributed by atoms with E-state index < -0.39 is 0 Å². The third-order valence-corrected chi connectivity index (χ3v) is 4.01. The van der Waals surface area contributed by atoms with Crippen LogP contribution < -0.4 is 4.74 Å². The predicted octanol–water partition coefficient (Wildman–Crippen LogP) is 4.08. The summed E-state index contributed by atoms with van der Waals surface area (Å²) in [7, 11) is 1.76. The molecule has 3 rings (SSSR count). The molecule has 1 heterocycles. The topological polar surface area (TPSA) is 27.1 Å². The second kappa shape index (κ2) is 5.00. The molecule has 0 bridgehead atoms. The number of fused-ring (bicyclic) bond motifs is 1. The number of imidazole rings is 1. The second-order valence-corrected chi connectivity index (χ2v) is 5.46. The summed E-state index contributed by atoms with van der Waals surface area (Å²) in [5.74, 6) is -0.326. The molecule has 0 radical (unpaired) electrons. The molecule has 1 aliphatic rings. The van der Waals surface area contributed by atoms with E-state index >= 15 is 0 Å². The van der Waals surface area contributed by atoms with Gasteiger partial charge in [0, 0.05) is 7.05 Å². The predicted molar refractivity (Wildman–Crippen MR) is 73.2 cm³/mol. The number of rotatable bonds is 2. The molecule has 1 aliphatic carbocycles. The molecule has 19 heavy (non-hydrogen) atoms. The van der Waals surface area contributed by atoms with Gasteiger partial charge in [0.15, 0.2) is 0 Å². The van der Waals surface area contributed by atoms with E-state index in [1.807, 2.05) is 0 Å². The van der Waals surface area contributed by atoms with Gasteiger partial charge >= 0.3 is 0 Å². The lowest BCUT2D eigenvalue weighted by Crippen LogP contribution is -2.21. The second-order valence-electron chi connectivity index (χ2n) is 5.06. The Labute approximate surface area is 116 Å². The largest absolute Gasteiger partial charge is 0.461 e. The van der Waals surface area contributed by atoms with Crippen LogP contribution in [0.2, 0.25) is 5.02 Å². The van der Waals surface area contributed by atoms with Gasteiger partial charge in [-0.05, 0) is 37.8 Å². The number of ether oxygens (including phenoxy) is 1. The highest BCUT2D eigenvalue weighted by Gasteiger charge is 2.20. The van der Waals surface area contributed by atoms with Crippen molar-refractivity contribution >= 4 is 22.6 Å². The van der Waals surface area contributed by atoms with E-state index in [9.17, 15) is 4.39 Å². The molecule has 0 N–H and O–H groups in total. The molecule has 0 aliphatic heterocycles. The first-order valence-electron chi connectivity index (χ1n) is 6.64.